The van der Waals surface area contributed by atoms with E-state index in [1.165, 1.54) is 6.92 Å². The van der Waals surface area contributed by atoms with Crippen LogP contribution >= 0.6 is 0 Å². The van der Waals surface area contributed by atoms with Crippen molar-refractivity contribution < 1.29 is 22.3 Å². The number of rotatable bonds is 5. The van der Waals surface area contributed by atoms with Gasteiger partial charge in [0.1, 0.15) is 0 Å². The lowest BCUT2D eigenvalue weighted by atomic mass is 9.85. The molecule has 0 saturated heterocycles. The van der Waals surface area contributed by atoms with Crippen LogP contribution in [0.4, 0.5) is 0 Å². The minimum atomic E-state index is -4.48. The smallest absolute Gasteiger partial charge is 0.393 e. The zero-order valence-corrected chi connectivity index (χ0v) is 9.71. The van der Waals surface area contributed by atoms with Crippen molar-refractivity contribution in [3.8, 4) is 0 Å². The first-order valence-electron chi connectivity index (χ1n) is 4.48. The van der Waals surface area contributed by atoms with Crippen molar-refractivity contribution >= 4 is 10.4 Å². The maximum atomic E-state index is 10.6. The third-order valence-electron chi connectivity index (χ3n) is 2.68. The van der Waals surface area contributed by atoms with Gasteiger partial charge in [-0.15, -0.1) is 0 Å². The zero-order chi connectivity index (χ0) is 11.6. The zero-order valence-electron chi connectivity index (χ0n) is 8.89. The molecule has 0 bridgehead atoms. The Morgan fingerprint density at radius 3 is 2.07 bits per heavy atom. The molecule has 0 radical (unpaired) electrons. The van der Waals surface area contributed by atoms with Crippen LogP contribution in [0.15, 0.2) is 0 Å². The van der Waals surface area contributed by atoms with Crippen molar-refractivity contribution in [3.05, 3.63) is 0 Å². The van der Waals surface area contributed by atoms with Crippen LogP contribution in [0.1, 0.15) is 34.1 Å². The molecule has 0 aliphatic carbocycles. The summed E-state index contributed by atoms with van der Waals surface area (Å²) in [5.74, 6) is -0.394. The predicted molar refractivity (Wildman–Crippen MR) is 52.2 cm³/mol. The Morgan fingerprint density at radius 2 is 1.86 bits per heavy atom. The molecule has 2 N–H and O–H groups in total. The Hall–Kier alpha value is -0.170. The molecular formula is C8H18O5S. The van der Waals surface area contributed by atoms with Crippen molar-refractivity contribution in [2.45, 2.75) is 45.8 Å². The summed E-state index contributed by atoms with van der Waals surface area (Å²) in [7, 11) is -4.48. The van der Waals surface area contributed by atoms with Crippen LogP contribution in [0.2, 0.25) is 0 Å². The highest BCUT2D eigenvalue weighted by molar-refractivity contribution is 7.80. The summed E-state index contributed by atoms with van der Waals surface area (Å²) in [6, 6.07) is 0. The van der Waals surface area contributed by atoms with Gasteiger partial charge in [-0.1, -0.05) is 13.8 Å². The van der Waals surface area contributed by atoms with Gasteiger partial charge in [0.2, 0.25) is 0 Å². The van der Waals surface area contributed by atoms with E-state index in [1.54, 1.807) is 20.8 Å². The van der Waals surface area contributed by atoms with Gasteiger partial charge in [0.25, 0.3) is 0 Å². The van der Waals surface area contributed by atoms with Crippen LogP contribution in [0.25, 0.3) is 0 Å². The van der Waals surface area contributed by atoms with E-state index in [0.29, 0.717) is 6.42 Å². The van der Waals surface area contributed by atoms with Crippen molar-refractivity contribution in [2.24, 2.45) is 5.92 Å². The van der Waals surface area contributed by atoms with Crippen LogP contribution < -0.4 is 0 Å². The molecule has 14 heavy (non-hydrogen) atoms. The number of aliphatic hydroxyl groups excluding tert-OH is 1. The lowest BCUT2D eigenvalue weighted by Gasteiger charge is -2.34. The van der Waals surface area contributed by atoms with Gasteiger partial charge in [-0.3, -0.25) is 4.55 Å². The summed E-state index contributed by atoms with van der Waals surface area (Å²) in [5, 5.41) is 9.33. The SMILES string of the molecule is CCC(C)(OS(=O)(=O)O)C(C)C(C)O. The Balaban J connectivity index is 4.81. The maximum absolute atomic E-state index is 10.6. The van der Waals surface area contributed by atoms with Crippen LogP contribution in [-0.2, 0) is 14.6 Å². The Labute approximate surface area is 85.0 Å². The summed E-state index contributed by atoms with van der Waals surface area (Å²) < 4.78 is 34.3. The van der Waals surface area contributed by atoms with Crippen molar-refractivity contribution in [2.75, 3.05) is 0 Å². The number of hydrogen-bond acceptors (Lipinski definition) is 4. The molecule has 0 aliphatic rings. The van der Waals surface area contributed by atoms with Crippen LogP contribution in [0.5, 0.6) is 0 Å². The molecule has 0 saturated carbocycles. The molecule has 3 unspecified atom stereocenters. The first-order chi connectivity index (χ1) is 6.12. The van der Waals surface area contributed by atoms with E-state index in [9.17, 15) is 13.5 Å². The topological polar surface area (TPSA) is 83.8 Å². The van der Waals surface area contributed by atoms with Crippen LogP contribution in [0, 0.1) is 5.92 Å². The standard InChI is InChI=1S/C8H18O5S/c1-5-8(4,6(2)7(3)9)13-14(10,11)12/h6-7,9H,5H2,1-4H3,(H,10,11,12). The molecule has 0 aromatic heterocycles. The summed E-state index contributed by atoms with van der Waals surface area (Å²) in [6.07, 6.45) is -0.333. The fraction of sp³-hybridized carbons (Fsp3) is 1.00. The van der Waals surface area contributed by atoms with Gasteiger partial charge in [0.15, 0.2) is 0 Å². The summed E-state index contributed by atoms with van der Waals surface area (Å²) in [6.45, 7) is 6.48. The summed E-state index contributed by atoms with van der Waals surface area (Å²) in [5.41, 5.74) is -1.08. The van der Waals surface area contributed by atoms with Crippen molar-refractivity contribution in [1.29, 1.82) is 0 Å². The predicted octanol–water partition coefficient (Wildman–Crippen LogP) is 0.991. The molecule has 0 spiro atoms. The molecule has 0 amide bonds. The molecule has 86 valence electrons. The molecule has 0 aliphatic heterocycles. The van der Waals surface area contributed by atoms with Gasteiger partial charge in [-0.05, 0) is 20.3 Å². The number of hydrogen-bond donors (Lipinski definition) is 2. The summed E-state index contributed by atoms with van der Waals surface area (Å²) in [4.78, 5) is 0. The quantitative estimate of drug-likeness (QED) is 0.683. The minimum Gasteiger partial charge on any atom is -0.393 e. The average Bonchev–Trinajstić information content (AvgIpc) is 1.99. The van der Waals surface area contributed by atoms with Gasteiger partial charge in [0, 0.05) is 5.92 Å². The second-order valence-corrected chi connectivity index (χ2v) is 4.73. The molecule has 0 aromatic carbocycles. The molecule has 0 rings (SSSR count). The van der Waals surface area contributed by atoms with E-state index in [0.717, 1.165) is 0 Å². The first-order valence-corrected chi connectivity index (χ1v) is 5.85. The largest absolute Gasteiger partial charge is 0.397 e. The third kappa shape index (κ3) is 3.91. The van der Waals surface area contributed by atoms with Crippen molar-refractivity contribution in [1.82, 2.24) is 0 Å². The normalized spacial score (nSPS) is 21.3. The highest BCUT2D eigenvalue weighted by Crippen LogP contribution is 2.29. The second kappa shape index (κ2) is 4.57. The fourth-order valence-corrected chi connectivity index (χ4v) is 1.96. The molecule has 3 atom stereocenters. The highest BCUT2D eigenvalue weighted by atomic mass is 32.3. The van der Waals surface area contributed by atoms with E-state index in [2.05, 4.69) is 4.18 Å². The Bertz CT molecular complexity index is 271. The van der Waals surface area contributed by atoms with Crippen LogP contribution in [0.3, 0.4) is 0 Å². The molecule has 6 heteroatoms. The van der Waals surface area contributed by atoms with Gasteiger partial charge in [-0.2, -0.15) is 8.42 Å². The lowest BCUT2D eigenvalue weighted by Crippen LogP contribution is -2.42. The number of aliphatic hydroxyl groups is 1. The maximum Gasteiger partial charge on any atom is 0.397 e. The first kappa shape index (κ1) is 13.8. The second-order valence-electron chi connectivity index (χ2n) is 3.71. The van der Waals surface area contributed by atoms with E-state index in [-0.39, 0.29) is 0 Å². The van der Waals surface area contributed by atoms with E-state index < -0.39 is 28.0 Å². The van der Waals surface area contributed by atoms with Gasteiger partial charge >= 0.3 is 10.4 Å². The Kier molecular flexibility index (Phi) is 4.51. The van der Waals surface area contributed by atoms with Gasteiger partial charge in [-0.25, -0.2) is 4.18 Å². The average molecular weight is 226 g/mol. The van der Waals surface area contributed by atoms with Crippen molar-refractivity contribution in [3.63, 3.8) is 0 Å². The molecule has 0 aromatic rings. The molecule has 0 heterocycles. The van der Waals surface area contributed by atoms with E-state index in [1.807, 2.05) is 0 Å². The third-order valence-corrected chi connectivity index (χ3v) is 3.28. The van der Waals surface area contributed by atoms with Gasteiger partial charge < -0.3 is 5.11 Å². The monoisotopic (exact) mass is 226 g/mol. The highest BCUT2D eigenvalue weighted by Gasteiger charge is 2.37. The van der Waals surface area contributed by atoms with Crippen LogP contribution in [-0.4, -0.2) is 29.8 Å². The fourth-order valence-electron chi connectivity index (χ4n) is 1.21. The van der Waals surface area contributed by atoms with E-state index in [4.69, 9.17) is 4.55 Å². The van der Waals surface area contributed by atoms with E-state index >= 15 is 0 Å². The lowest BCUT2D eigenvalue weighted by molar-refractivity contribution is -0.0296. The molecule has 0 fully saturated rings. The minimum absolute atomic E-state index is 0.374. The molecule has 5 nitrogen and oxygen atoms in total. The molecular weight excluding hydrogens is 208 g/mol. The Morgan fingerprint density at radius 1 is 1.43 bits per heavy atom. The van der Waals surface area contributed by atoms with Gasteiger partial charge in [0.05, 0.1) is 11.7 Å². The summed E-state index contributed by atoms with van der Waals surface area (Å²) >= 11 is 0.